The Hall–Kier alpha value is -1.32. The SMILES string of the molecule is Cc1ccc(NC[C@H](O)Cn2c3ccc(I)cc3c3cc(I)ccc32)cc1. The first-order valence-electron chi connectivity index (χ1n) is 8.87. The minimum atomic E-state index is -0.483. The van der Waals surface area contributed by atoms with Gasteiger partial charge in [-0.1, -0.05) is 17.7 Å². The molecule has 4 aromatic rings. The van der Waals surface area contributed by atoms with Crippen molar-refractivity contribution >= 4 is 72.7 Å². The molecule has 27 heavy (non-hydrogen) atoms. The van der Waals surface area contributed by atoms with E-state index in [2.05, 4.69) is 111 Å². The highest BCUT2D eigenvalue weighted by atomic mass is 127. The van der Waals surface area contributed by atoms with E-state index in [1.807, 2.05) is 12.1 Å². The van der Waals surface area contributed by atoms with Crippen LogP contribution < -0.4 is 5.32 Å². The van der Waals surface area contributed by atoms with E-state index in [4.69, 9.17) is 0 Å². The summed E-state index contributed by atoms with van der Waals surface area (Å²) in [6.07, 6.45) is -0.483. The van der Waals surface area contributed by atoms with Gasteiger partial charge in [-0.3, -0.25) is 0 Å². The van der Waals surface area contributed by atoms with Gasteiger partial charge in [0.1, 0.15) is 0 Å². The quantitative estimate of drug-likeness (QED) is 0.293. The summed E-state index contributed by atoms with van der Waals surface area (Å²) in [5.41, 5.74) is 4.60. The fourth-order valence-corrected chi connectivity index (χ4v) is 4.41. The lowest BCUT2D eigenvalue weighted by Gasteiger charge is -2.16. The van der Waals surface area contributed by atoms with Gasteiger partial charge in [0.2, 0.25) is 0 Å². The van der Waals surface area contributed by atoms with Gasteiger partial charge in [0.05, 0.1) is 12.6 Å². The molecule has 0 aliphatic heterocycles. The lowest BCUT2D eigenvalue weighted by atomic mass is 10.2. The van der Waals surface area contributed by atoms with Crippen LogP contribution in [0.3, 0.4) is 0 Å². The highest BCUT2D eigenvalue weighted by molar-refractivity contribution is 14.1. The first-order chi connectivity index (χ1) is 13.0. The van der Waals surface area contributed by atoms with Crippen molar-refractivity contribution in [3.05, 3.63) is 73.4 Å². The Morgan fingerprint density at radius 1 is 0.889 bits per heavy atom. The first-order valence-corrected chi connectivity index (χ1v) is 11.0. The van der Waals surface area contributed by atoms with Crippen molar-refractivity contribution in [2.75, 3.05) is 11.9 Å². The van der Waals surface area contributed by atoms with Crippen LogP contribution in [0.25, 0.3) is 21.8 Å². The third kappa shape index (κ3) is 4.09. The van der Waals surface area contributed by atoms with Crippen LogP contribution in [-0.4, -0.2) is 22.3 Å². The van der Waals surface area contributed by atoms with Gasteiger partial charge in [0.25, 0.3) is 0 Å². The molecular weight excluding hydrogens is 562 g/mol. The monoisotopic (exact) mass is 582 g/mol. The molecule has 4 rings (SSSR count). The predicted octanol–water partition coefficient (Wildman–Crippen LogP) is 5.79. The Labute approximate surface area is 186 Å². The number of hydrogen-bond acceptors (Lipinski definition) is 2. The van der Waals surface area contributed by atoms with Gasteiger partial charge in [-0.15, -0.1) is 0 Å². The Balaban J connectivity index is 1.63. The number of nitrogens with zero attached hydrogens (tertiary/aromatic N) is 1. The number of anilines is 1. The van der Waals surface area contributed by atoms with E-state index in [9.17, 15) is 5.11 Å². The van der Waals surface area contributed by atoms with Crippen LogP contribution in [0.15, 0.2) is 60.7 Å². The van der Waals surface area contributed by atoms with Crippen LogP contribution in [0.5, 0.6) is 0 Å². The maximum Gasteiger partial charge on any atom is 0.0891 e. The molecule has 0 fully saturated rings. The van der Waals surface area contributed by atoms with Crippen molar-refractivity contribution in [2.24, 2.45) is 0 Å². The standard InChI is InChI=1S/C22H20I2N2O/c1-14-2-6-17(7-3-14)25-12-18(27)13-26-21-8-4-15(23)10-19(21)20-11-16(24)5-9-22(20)26/h2-11,18,25,27H,12-13H2,1H3/t18-/m0/s1. The zero-order valence-corrected chi connectivity index (χ0v) is 19.2. The van der Waals surface area contributed by atoms with Crippen LogP contribution in [-0.2, 0) is 6.54 Å². The van der Waals surface area contributed by atoms with Crippen LogP contribution in [0, 0.1) is 14.1 Å². The highest BCUT2D eigenvalue weighted by Crippen LogP contribution is 2.31. The second-order valence-corrected chi connectivity index (χ2v) is 9.33. The molecule has 1 atom stereocenters. The van der Waals surface area contributed by atoms with Crippen molar-refractivity contribution in [3.8, 4) is 0 Å². The van der Waals surface area contributed by atoms with E-state index in [1.54, 1.807) is 0 Å². The maximum absolute atomic E-state index is 10.7. The number of halogens is 2. The van der Waals surface area contributed by atoms with E-state index < -0.39 is 6.10 Å². The summed E-state index contributed by atoms with van der Waals surface area (Å²) in [6.45, 7) is 3.14. The summed E-state index contributed by atoms with van der Waals surface area (Å²) < 4.78 is 4.68. The number of hydrogen-bond donors (Lipinski definition) is 2. The number of rotatable bonds is 5. The second kappa shape index (κ2) is 7.97. The molecule has 0 saturated carbocycles. The number of aliphatic hydroxyl groups excluding tert-OH is 1. The molecular formula is C22H20I2N2O. The second-order valence-electron chi connectivity index (χ2n) is 6.83. The number of aryl methyl sites for hydroxylation is 1. The Morgan fingerprint density at radius 2 is 1.44 bits per heavy atom. The molecule has 0 spiro atoms. The van der Waals surface area contributed by atoms with Gasteiger partial charge in [0.15, 0.2) is 0 Å². The molecule has 138 valence electrons. The van der Waals surface area contributed by atoms with Crippen molar-refractivity contribution in [2.45, 2.75) is 19.6 Å². The molecule has 2 N–H and O–H groups in total. The van der Waals surface area contributed by atoms with Gasteiger partial charge in [0, 0.05) is 41.2 Å². The van der Waals surface area contributed by atoms with Gasteiger partial charge in [-0.2, -0.15) is 0 Å². The smallest absolute Gasteiger partial charge is 0.0891 e. The number of aromatic nitrogens is 1. The van der Waals surface area contributed by atoms with Crippen LogP contribution >= 0.6 is 45.2 Å². The fraction of sp³-hybridized carbons (Fsp3) is 0.182. The summed E-state index contributed by atoms with van der Waals surface area (Å²) in [5, 5.41) is 16.5. The van der Waals surface area contributed by atoms with E-state index in [0.717, 1.165) is 5.69 Å². The molecule has 0 radical (unpaired) electrons. The molecule has 0 aliphatic rings. The molecule has 5 heteroatoms. The van der Waals surface area contributed by atoms with Crippen molar-refractivity contribution in [3.63, 3.8) is 0 Å². The molecule has 0 saturated heterocycles. The van der Waals surface area contributed by atoms with E-state index in [1.165, 1.54) is 34.5 Å². The highest BCUT2D eigenvalue weighted by Gasteiger charge is 2.14. The molecule has 1 aromatic heterocycles. The third-order valence-electron chi connectivity index (χ3n) is 4.78. The summed E-state index contributed by atoms with van der Waals surface area (Å²) in [4.78, 5) is 0. The van der Waals surface area contributed by atoms with Gasteiger partial charge in [-0.25, -0.2) is 0 Å². The molecule has 3 aromatic carbocycles. The van der Waals surface area contributed by atoms with E-state index in [0.29, 0.717) is 13.1 Å². The van der Waals surface area contributed by atoms with E-state index in [-0.39, 0.29) is 0 Å². The normalized spacial score (nSPS) is 12.6. The number of benzene rings is 3. The molecule has 0 amide bonds. The van der Waals surface area contributed by atoms with Crippen molar-refractivity contribution in [1.29, 1.82) is 0 Å². The lowest BCUT2D eigenvalue weighted by molar-refractivity contribution is 0.169. The van der Waals surface area contributed by atoms with Crippen LogP contribution in [0.1, 0.15) is 5.56 Å². The summed E-state index contributed by atoms with van der Waals surface area (Å²) in [7, 11) is 0. The predicted molar refractivity (Wildman–Crippen MR) is 131 cm³/mol. The van der Waals surface area contributed by atoms with Gasteiger partial charge >= 0.3 is 0 Å². The zero-order valence-electron chi connectivity index (χ0n) is 14.9. The Morgan fingerprint density at radius 3 is 2.00 bits per heavy atom. The summed E-state index contributed by atoms with van der Waals surface area (Å²) >= 11 is 4.71. The first kappa shape index (κ1) is 19.0. The lowest BCUT2D eigenvalue weighted by Crippen LogP contribution is -2.24. The van der Waals surface area contributed by atoms with E-state index >= 15 is 0 Å². The van der Waals surface area contributed by atoms with Gasteiger partial charge in [-0.05, 0) is 101 Å². The minimum absolute atomic E-state index is 0.483. The number of nitrogens with one attached hydrogen (secondary N) is 1. The van der Waals surface area contributed by atoms with Crippen LogP contribution in [0.4, 0.5) is 5.69 Å². The fourth-order valence-electron chi connectivity index (χ4n) is 3.43. The van der Waals surface area contributed by atoms with Crippen molar-refractivity contribution in [1.82, 2.24) is 4.57 Å². The van der Waals surface area contributed by atoms with Gasteiger partial charge < -0.3 is 15.0 Å². The zero-order chi connectivity index (χ0) is 19.0. The van der Waals surface area contributed by atoms with Crippen LogP contribution in [0.2, 0.25) is 0 Å². The minimum Gasteiger partial charge on any atom is -0.389 e. The molecule has 1 heterocycles. The number of aliphatic hydroxyl groups is 1. The average Bonchev–Trinajstić information content (AvgIpc) is 2.94. The third-order valence-corrected chi connectivity index (χ3v) is 6.12. The maximum atomic E-state index is 10.7. The topological polar surface area (TPSA) is 37.2 Å². The van der Waals surface area contributed by atoms with Crippen molar-refractivity contribution < 1.29 is 5.11 Å². The molecule has 3 nitrogen and oxygen atoms in total. The molecule has 0 unspecified atom stereocenters. The molecule has 0 bridgehead atoms. The largest absolute Gasteiger partial charge is 0.389 e. The Kier molecular flexibility index (Phi) is 5.61. The Bertz CT molecular complexity index is 1040. The number of fused-ring (bicyclic) bond motifs is 3. The summed E-state index contributed by atoms with van der Waals surface area (Å²) in [6, 6.07) is 21.3. The average molecular weight is 582 g/mol. The summed E-state index contributed by atoms with van der Waals surface area (Å²) in [5.74, 6) is 0. The molecule has 0 aliphatic carbocycles.